The number of nitrogens with one attached hydrogen (secondary N) is 1. The molecule has 2 aromatic carbocycles. The second-order valence-electron chi connectivity index (χ2n) is 5.91. The Kier molecular flexibility index (Phi) is 5.46. The SMILES string of the molecule is Cc1cc(C)cc(OCc2nc(C(=O)NCc3ccccc3)cs2)c1. The lowest BCUT2D eigenvalue weighted by atomic mass is 10.1. The van der Waals surface area contributed by atoms with Crippen molar-refractivity contribution in [3.8, 4) is 5.75 Å². The largest absolute Gasteiger partial charge is 0.486 e. The maximum Gasteiger partial charge on any atom is 0.271 e. The molecular weight excluding hydrogens is 332 g/mol. The van der Waals surface area contributed by atoms with Gasteiger partial charge >= 0.3 is 0 Å². The highest BCUT2D eigenvalue weighted by atomic mass is 32.1. The molecule has 0 bridgehead atoms. The Morgan fingerprint density at radius 1 is 1.12 bits per heavy atom. The van der Waals surface area contributed by atoms with Gasteiger partial charge in [0.15, 0.2) is 0 Å². The summed E-state index contributed by atoms with van der Waals surface area (Å²) in [6, 6.07) is 15.9. The van der Waals surface area contributed by atoms with Crippen LogP contribution in [-0.4, -0.2) is 10.9 Å². The maximum atomic E-state index is 12.2. The van der Waals surface area contributed by atoms with Gasteiger partial charge in [-0.3, -0.25) is 4.79 Å². The molecule has 0 aliphatic heterocycles. The van der Waals surface area contributed by atoms with E-state index in [-0.39, 0.29) is 5.91 Å². The molecule has 0 unspecified atom stereocenters. The van der Waals surface area contributed by atoms with Gasteiger partial charge in [-0.1, -0.05) is 36.4 Å². The van der Waals surface area contributed by atoms with Gasteiger partial charge in [-0.05, 0) is 42.7 Å². The molecule has 0 saturated heterocycles. The van der Waals surface area contributed by atoms with Crippen LogP contribution in [0.3, 0.4) is 0 Å². The van der Waals surface area contributed by atoms with Crippen LogP contribution in [0.15, 0.2) is 53.9 Å². The number of ether oxygens (including phenoxy) is 1. The number of carbonyl (C=O) groups excluding carboxylic acids is 1. The number of amides is 1. The van der Waals surface area contributed by atoms with Gasteiger partial charge in [-0.2, -0.15) is 0 Å². The van der Waals surface area contributed by atoms with Crippen molar-refractivity contribution in [1.29, 1.82) is 0 Å². The first kappa shape index (κ1) is 17.2. The van der Waals surface area contributed by atoms with Gasteiger partial charge in [0.1, 0.15) is 23.1 Å². The van der Waals surface area contributed by atoms with E-state index in [2.05, 4.69) is 16.4 Å². The molecule has 25 heavy (non-hydrogen) atoms. The minimum absolute atomic E-state index is 0.169. The topological polar surface area (TPSA) is 51.2 Å². The minimum Gasteiger partial charge on any atom is -0.486 e. The van der Waals surface area contributed by atoms with E-state index in [1.165, 1.54) is 11.3 Å². The lowest BCUT2D eigenvalue weighted by molar-refractivity contribution is 0.0946. The molecule has 3 rings (SSSR count). The standard InChI is InChI=1S/C20H20N2O2S/c1-14-8-15(2)10-17(9-14)24-12-19-22-18(13-25-19)20(23)21-11-16-6-4-3-5-7-16/h3-10,13H,11-12H2,1-2H3,(H,21,23). The first-order valence-corrected chi connectivity index (χ1v) is 8.96. The van der Waals surface area contributed by atoms with Crippen LogP contribution in [0.4, 0.5) is 0 Å². The van der Waals surface area contributed by atoms with Crippen LogP contribution < -0.4 is 10.1 Å². The Morgan fingerprint density at radius 2 is 1.84 bits per heavy atom. The van der Waals surface area contributed by atoms with Crippen molar-refractivity contribution in [3.05, 3.63) is 81.3 Å². The van der Waals surface area contributed by atoms with Crippen molar-refractivity contribution in [1.82, 2.24) is 10.3 Å². The minimum atomic E-state index is -0.169. The molecule has 0 spiro atoms. The highest BCUT2D eigenvalue weighted by Crippen LogP contribution is 2.19. The van der Waals surface area contributed by atoms with E-state index < -0.39 is 0 Å². The summed E-state index contributed by atoms with van der Waals surface area (Å²) in [5, 5.41) is 5.43. The number of hydrogen-bond acceptors (Lipinski definition) is 4. The fraction of sp³-hybridized carbons (Fsp3) is 0.200. The van der Waals surface area contributed by atoms with E-state index in [1.54, 1.807) is 5.38 Å². The molecule has 128 valence electrons. The Morgan fingerprint density at radius 3 is 2.56 bits per heavy atom. The number of aryl methyl sites for hydroxylation is 2. The van der Waals surface area contributed by atoms with Crippen LogP contribution in [0.2, 0.25) is 0 Å². The van der Waals surface area contributed by atoms with Crippen LogP contribution in [0.25, 0.3) is 0 Å². The van der Waals surface area contributed by atoms with E-state index in [0.717, 1.165) is 27.4 Å². The molecule has 1 amide bonds. The maximum absolute atomic E-state index is 12.2. The lowest BCUT2D eigenvalue weighted by Crippen LogP contribution is -2.23. The van der Waals surface area contributed by atoms with Crippen LogP contribution in [0.5, 0.6) is 5.75 Å². The van der Waals surface area contributed by atoms with Gasteiger partial charge in [-0.15, -0.1) is 11.3 Å². The fourth-order valence-corrected chi connectivity index (χ4v) is 3.20. The molecule has 0 fully saturated rings. The van der Waals surface area contributed by atoms with E-state index in [4.69, 9.17) is 4.74 Å². The zero-order valence-electron chi connectivity index (χ0n) is 14.3. The van der Waals surface area contributed by atoms with Crippen molar-refractivity contribution in [3.63, 3.8) is 0 Å². The van der Waals surface area contributed by atoms with Gasteiger partial charge in [0.25, 0.3) is 5.91 Å². The molecule has 0 radical (unpaired) electrons. The Balaban J connectivity index is 1.55. The summed E-state index contributed by atoms with van der Waals surface area (Å²) in [5.41, 5.74) is 3.81. The summed E-state index contributed by atoms with van der Waals surface area (Å²) < 4.78 is 5.79. The smallest absolute Gasteiger partial charge is 0.271 e. The van der Waals surface area contributed by atoms with Crippen LogP contribution in [0, 0.1) is 13.8 Å². The second-order valence-corrected chi connectivity index (χ2v) is 6.85. The van der Waals surface area contributed by atoms with Gasteiger partial charge in [0.05, 0.1) is 0 Å². The van der Waals surface area contributed by atoms with Crippen LogP contribution in [0.1, 0.15) is 32.2 Å². The number of aromatic nitrogens is 1. The number of thiazole rings is 1. The van der Waals surface area contributed by atoms with Crippen LogP contribution in [-0.2, 0) is 13.2 Å². The molecule has 1 heterocycles. The summed E-state index contributed by atoms with van der Waals surface area (Å²) in [6.45, 7) is 4.93. The summed E-state index contributed by atoms with van der Waals surface area (Å²) in [7, 11) is 0. The number of nitrogens with zero attached hydrogens (tertiary/aromatic N) is 1. The Bertz CT molecular complexity index is 839. The number of carbonyl (C=O) groups is 1. The monoisotopic (exact) mass is 352 g/mol. The molecule has 0 aliphatic rings. The van der Waals surface area contributed by atoms with E-state index in [9.17, 15) is 4.79 Å². The van der Waals surface area contributed by atoms with Crippen LogP contribution >= 0.6 is 11.3 Å². The predicted octanol–water partition coefficient (Wildman–Crippen LogP) is 4.27. The molecule has 3 aromatic rings. The third-order valence-corrected chi connectivity index (χ3v) is 4.46. The number of hydrogen-bond donors (Lipinski definition) is 1. The highest BCUT2D eigenvalue weighted by molar-refractivity contribution is 7.09. The Labute approximate surface area is 151 Å². The van der Waals surface area contributed by atoms with E-state index in [1.807, 2.05) is 56.3 Å². The fourth-order valence-electron chi connectivity index (χ4n) is 2.51. The van der Waals surface area contributed by atoms with Gasteiger partial charge in [-0.25, -0.2) is 4.98 Å². The normalized spacial score (nSPS) is 10.5. The lowest BCUT2D eigenvalue weighted by Gasteiger charge is -2.06. The third kappa shape index (κ3) is 4.90. The van der Waals surface area contributed by atoms with Gasteiger partial charge in [0.2, 0.25) is 0 Å². The van der Waals surface area contributed by atoms with Gasteiger partial charge in [0, 0.05) is 11.9 Å². The number of benzene rings is 2. The van der Waals surface area contributed by atoms with Crippen molar-refractivity contribution in [2.75, 3.05) is 0 Å². The van der Waals surface area contributed by atoms with Crippen molar-refractivity contribution in [2.45, 2.75) is 27.0 Å². The molecule has 1 aromatic heterocycles. The van der Waals surface area contributed by atoms with Crippen molar-refractivity contribution < 1.29 is 9.53 Å². The molecule has 0 atom stereocenters. The summed E-state index contributed by atoms with van der Waals surface area (Å²) in [6.07, 6.45) is 0. The van der Waals surface area contributed by atoms with E-state index in [0.29, 0.717) is 18.8 Å². The summed E-state index contributed by atoms with van der Waals surface area (Å²) in [5.74, 6) is 0.653. The molecule has 0 aliphatic carbocycles. The predicted molar refractivity (Wildman–Crippen MR) is 100.0 cm³/mol. The zero-order chi connectivity index (χ0) is 17.6. The highest BCUT2D eigenvalue weighted by Gasteiger charge is 2.11. The van der Waals surface area contributed by atoms with Crippen molar-refractivity contribution in [2.24, 2.45) is 0 Å². The molecule has 1 N–H and O–H groups in total. The first-order chi connectivity index (χ1) is 12.1. The third-order valence-electron chi connectivity index (χ3n) is 3.64. The molecule has 5 heteroatoms. The zero-order valence-corrected chi connectivity index (χ0v) is 15.1. The average molecular weight is 352 g/mol. The number of rotatable bonds is 6. The Hall–Kier alpha value is -2.66. The average Bonchev–Trinajstić information content (AvgIpc) is 3.07. The van der Waals surface area contributed by atoms with Gasteiger partial charge < -0.3 is 10.1 Å². The summed E-state index contributed by atoms with van der Waals surface area (Å²) >= 11 is 1.43. The summed E-state index contributed by atoms with van der Waals surface area (Å²) in [4.78, 5) is 16.6. The second kappa shape index (κ2) is 7.94. The van der Waals surface area contributed by atoms with E-state index >= 15 is 0 Å². The first-order valence-electron chi connectivity index (χ1n) is 8.08. The molecule has 4 nitrogen and oxygen atoms in total. The van der Waals surface area contributed by atoms with Crippen molar-refractivity contribution >= 4 is 17.2 Å². The molecular formula is C20H20N2O2S. The molecule has 0 saturated carbocycles. The quantitative estimate of drug-likeness (QED) is 0.721.